The lowest BCUT2D eigenvalue weighted by Gasteiger charge is -2.35. The monoisotopic (exact) mass is 397 g/mol. The molecule has 156 valence electrons. The van der Waals surface area contributed by atoms with Crippen molar-refractivity contribution in [3.63, 3.8) is 0 Å². The van der Waals surface area contributed by atoms with Crippen molar-refractivity contribution in [2.75, 3.05) is 25.5 Å². The van der Waals surface area contributed by atoms with E-state index in [1.807, 2.05) is 18.5 Å². The minimum absolute atomic E-state index is 0.0675. The summed E-state index contributed by atoms with van der Waals surface area (Å²) in [5, 5.41) is 2.57. The van der Waals surface area contributed by atoms with Gasteiger partial charge in [0.15, 0.2) is 11.5 Å². The van der Waals surface area contributed by atoms with Gasteiger partial charge in [-0.2, -0.15) is 0 Å². The third-order valence-electron chi connectivity index (χ3n) is 6.19. The molecule has 2 atom stereocenters. The van der Waals surface area contributed by atoms with Crippen LogP contribution in [-0.4, -0.2) is 46.9 Å². The number of aryl methyl sites for hydroxylation is 1. The maximum atomic E-state index is 13.3. The van der Waals surface area contributed by atoms with E-state index in [4.69, 9.17) is 0 Å². The smallest absolute Gasteiger partial charge is 0.280 e. The van der Waals surface area contributed by atoms with Gasteiger partial charge < -0.3 is 14.8 Å². The predicted molar refractivity (Wildman–Crippen MR) is 114 cm³/mol. The fourth-order valence-electron chi connectivity index (χ4n) is 4.31. The molecule has 0 saturated carbocycles. The van der Waals surface area contributed by atoms with Gasteiger partial charge in [0.1, 0.15) is 18.2 Å². The Balaban J connectivity index is 2.00. The minimum atomic E-state index is -0.241. The van der Waals surface area contributed by atoms with Crippen molar-refractivity contribution in [3.8, 4) is 0 Å². The summed E-state index contributed by atoms with van der Waals surface area (Å²) in [6, 6.07) is 0. The standard InChI is InChI=1S/C22H31N5O2/c1-8-18-13(2)9-10-17(14(18)3)11-26-15(4)24-21-20(26)22(29)27(12-19(28)23-6)16(5)25(21)7/h9-10,13,17H,5,8,11-12H2,1-4,6-7H3,(H,23,28). The highest BCUT2D eigenvalue weighted by Gasteiger charge is 2.37. The number of rotatable bonds is 5. The van der Waals surface area contributed by atoms with Crippen LogP contribution >= 0.6 is 0 Å². The van der Waals surface area contributed by atoms with Crippen LogP contribution in [0, 0.1) is 18.8 Å². The second kappa shape index (κ2) is 7.89. The number of hydrogen-bond acceptors (Lipinski definition) is 4. The molecular formula is C22H31N5O2. The molecule has 0 fully saturated rings. The summed E-state index contributed by atoms with van der Waals surface area (Å²) in [5.41, 5.74) is 3.34. The number of nitrogens with one attached hydrogen (secondary N) is 1. The van der Waals surface area contributed by atoms with Crippen LogP contribution in [0.5, 0.6) is 0 Å². The quantitative estimate of drug-likeness (QED) is 0.776. The van der Waals surface area contributed by atoms with Crippen molar-refractivity contribution in [2.24, 2.45) is 11.8 Å². The average molecular weight is 398 g/mol. The Bertz CT molecular complexity index is 924. The summed E-state index contributed by atoms with van der Waals surface area (Å²) in [4.78, 5) is 33.1. The normalized spacial score (nSPS) is 21.7. The zero-order chi connectivity index (χ0) is 21.5. The maximum Gasteiger partial charge on any atom is 0.280 e. The minimum Gasteiger partial charge on any atom is -0.358 e. The van der Waals surface area contributed by atoms with Crippen LogP contribution in [-0.2, 0) is 11.3 Å². The van der Waals surface area contributed by atoms with Gasteiger partial charge in [-0.3, -0.25) is 14.5 Å². The molecule has 1 aliphatic heterocycles. The zero-order valence-electron chi connectivity index (χ0n) is 18.2. The fourth-order valence-corrected chi connectivity index (χ4v) is 4.31. The van der Waals surface area contributed by atoms with Gasteiger partial charge in [-0.15, -0.1) is 0 Å². The summed E-state index contributed by atoms with van der Waals surface area (Å²) < 4.78 is 1.99. The molecule has 2 amide bonds. The molecular weight excluding hydrogens is 366 g/mol. The molecule has 3 rings (SSSR count). The Morgan fingerprint density at radius 3 is 2.62 bits per heavy atom. The van der Waals surface area contributed by atoms with E-state index >= 15 is 0 Å². The highest BCUT2D eigenvalue weighted by Crippen LogP contribution is 2.35. The molecule has 0 bridgehead atoms. The Kier molecular flexibility index (Phi) is 5.68. The van der Waals surface area contributed by atoms with Gasteiger partial charge in [0, 0.05) is 26.6 Å². The van der Waals surface area contributed by atoms with Crippen molar-refractivity contribution < 1.29 is 9.59 Å². The molecule has 2 aliphatic rings. The van der Waals surface area contributed by atoms with E-state index in [0.717, 1.165) is 12.2 Å². The number of imidazole rings is 1. The van der Waals surface area contributed by atoms with Crippen LogP contribution < -0.4 is 10.2 Å². The van der Waals surface area contributed by atoms with E-state index in [2.05, 4.69) is 49.8 Å². The zero-order valence-corrected chi connectivity index (χ0v) is 18.2. The third-order valence-corrected chi connectivity index (χ3v) is 6.19. The molecule has 2 heterocycles. The van der Waals surface area contributed by atoms with Crippen LogP contribution in [0.2, 0.25) is 0 Å². The third kappa shape index (κ3) is 3.50. The topological polar surface area (TPSA) is 70.5 Å². The van der Waals surface area contributed by atoms with Crippen LogP contribution in [0.4, 0.5) is 5.82 Å². The Morgan fingerprint density at radius 2 is 2.00 bits per heavy atom. The maximum absolute atomic E-state index is 13.3. The summed E-state index contributed by atoms with van der Waals surface area (Å²) in [5.74, 6) is 2.01. The molecule has 1 aromatic heterocycles. The van der Waals surface area contributed by atoms with Gasteiger partial charge in [-0.1, -0.05) is 43.7 Å². The number of carbonyl (C=O) groups excluding carboxylic acids is 2. The Morgan fingerprint density at radius 1 is 1.31 bits per heavy atom. The molecule has 29 heavy (non-hydrogen) atoms. The average Bonchev–Trinajstić information content (AvgIpc) is 3.02. The molecule has 0 saturated heterocycles. The number of likely N-dealkylation sites (N-methyl/N-ethyl adjacent to an activating group) is 1. The Hall–Kier alpha value is -2.83. The number of anilines is 1. The number of aromatic nitrogens is 2. The first-order valence-electron chi connectivity index (χ1n) is 10.1. The van der Waals surface area contributed by atoms with E-state index in [1.165, 1.54) is 16.0 Å². The van der Waals surface area contributed by atoms with Gasteiger partial charge in [0.05, 0.1) is 0 Å². The van der Waals surface area contributed by atoms with E-state index in [-0.39, 0.29) is 24.3 Å². The van der Waals surface area contributed by atoms with E-state index < -0.39 is 0 Å². The van der Waals surface area contributed by atoms with Crippen molar-refractivity contribution in [1.29, 1.82) is 0 Å². The first kappa shape index (κ1) is 20.9. The number of amides is 2. The summed E-state index contributed by atoms with van der Waals surface area (Å²) >= 11 is 0. The van der Waals surface area contributed by atoms with Crippen LogP contribution in [0.1, 0.15) is 43.5 Å². The van der Waals surface area contributed by atoms with Gasteiger partial charge in [0.25, 0.3) is 5.91 Å². The first-order chi connectivity index (χ1) is 13.7. The van der Waals surface area contributed by atoms with Gasteiger partial charge in [-0.05, 0) is 26.2 Å². The number of fused-ring (bicyclic) bond motifs is 1. The van der Waals surface area contributed by atoms with Gasteiger partial charge >= 0.3 is 0 Å². The Labute approximate surface area is 172 Å². The van der Waals surface area contributed by atoms with Crippen LogP contribution in [0.25, 0.3) is 0 Å². The van der Waals surface area contributed by atoms with Crippen molar-refractivity contribution in [3.05, 3.63) is 47.2 Å². The number of hydrogen-bond donors (Lipinski definition) is 1. The molecule has 0 radical (unpaired) electrons. The largest absolute Gasteiger partial charge is 0.358 e. The summed E-state index contributed by atoms with van der Waals surface area (Å²) in [6.07, 6.45) is 5.52. The molecule has 1 aliphatic carbocycles. The predicted octanol–water partition coefficient (Wildman–Crippen LogP) is 2.85. The molecule has 7 heteroatoms. The fraction of sp³-hybridized carbons (Fsp3) is 0.500. The van der Waals surface area contributed by atoms with Gasteiger partial charge in [-0.25, -0.2) is 4.98 Å². The highest BCUT2D eigenvalue weighted by molar-refractivity contribution is 6.03. The second-order valence-corrected chi connectivity index (χ2v) is 7.82. The molecule has 0 spiro atoms. The molecule has 0 aromatic carbocycles. The van der Waals surface area contributed by atoms with E-state index in [0.29, 0.717) is 29.8 Å². The van der Waals surface area contributed by atoms with Crippen molar-refractivity contribution >= 4 is 17.6 Å². The van der Waals surface area contributed by atoms with Gasteiger partial charge in [0.2, 0.25) is 5.91 Å². The van der Waals surface area contributed by atoms with Crippen LogP contribution in [0.3, 0.4) is 0 Å². The number of nitrogens with zero attached hydrogens (tertiary/aromatic N) is 4. The van der Waals surface area contributed by atoms with Crippen molar-refractivity contribution in [2.45, 2.75) is 40.7 Å². The number of allylic oxidation sites excluding steroid dienone is 4. The van der Waals surface area contributed by atoms with Crippen LogP contribution in [0.15, 0.2) is 35.7 Å². The second-order valence-electron chi connectivity index (χ2n) is 7.82. The summed E-state index contributed by atoms with van der Waals surface area (Å²) in [6.45, 7) is 13.1. The first-order valence-corrected chi connectivity index (χ1v) is 10.1. The molecule has 1 aromatic rings. The number of carbonyl (C=O) groups is 2. The lowest BCUT2D eigenvalue weighted by Crippen LogP contribution is -2.47. The molecule has 2 unspecified atom stereocenters. The summed E-state index contributed by atoms with van der Waals surface area (Å²) in [7, 11) is 3.38. The van der Waals surface area contributed by atoms with E-state index in [9.17, 15) is 9.59 Å². The molecule has 1 N–H and O–H groups in total. The highest BCUT2D eigenvalue weighted by atomic mass is 16.2. The van der Waals surface area contributed by atoms with Crippen molar-refractivity contribution in [1.82, 2.24) is 19.8 Å². The lowest BCUT2D eigenvalue weighted by atomic mass is 9.82. The SMILES string of the molecule is C=C1N(CC(=O)NC)C(=O)c2c(nc(C)n2CC2C=CC(C)C(CC)=C2C)N1C. The lowest BCUT2D eigenvalue weighted by molar-refractivity contribution is -0.121. The van der Waals surface area contributed by atoms with E-state index in [1.54, 1.807) is 11.9 Å². The molecule has 7 nitrogen and oxygen atoms in total.